The van der Waals surface area contributed by atoms with Gasteiger partial charge in [0.05, 0.1) is 20.1 Å². The van der Waals surface area contributed by atoms with Crippen molar-refractivity contribution in [3.05, 3.63) is 70.2 Å². The zero-order chi connectivity index (χ0) is 28.6. The summed E-state index contributed by atoms with van der Waals surface area (Å²) in [6, 6.07) is 17.7. The number of halogens is 1. The van der Waals surface area contributed by atoms with Crippen molar-refractivity contribution in [2.24, 2.45) is 0 Å². The second-order valence-corrected chi connectivity index (χ2v) is 13.6. The Bertz CT molecular complexity index is 1090. The maximum Gasteiger partial charge on any atom is 0.310 e. The van der Waals surface area contributed by atoms with Gasteiger partial charge in [0.2, 0.25) is 6.73 Å². The van der Waals surface area contributed by atoms with E-state index in [9.17, 15) is 4.79 Å². The molecule has 0 aromatic heterocycles. The molecule has 0 spiro atoms. The maximum atomic E-state index is 12.6. The Morgan fingerprint density at radius 1 is 0.975 bits per heavy atom. The van der Waals surface area contributed by atoms with Crippen LogP contribution in [0.3, 0.4) is 0 Å². The van der Waals surface area contributed by atoms with E-state index in [0.717, 1.165) is 48.4 Å². The summed E-state index contributed by atoms with van der Waals surface area (Å²) in [5, 5.41) is 0.813. The summed E-state index contributed by atoms with van der Waals surface area (Å²) in [6.07, 6.45) is 12.9. The summed E-state index contributed by atoms with van der Waals surface area (Å²) < 4.78 is 6.65. The molecule has 1 heterocycles. The second-order valence-electron chi connectivity index (χ2n) is 13.1. The fourth-order valence-corrected chi connectivity index (χ4v) is 6.93. The standard InChI is InChI=1S/C35H52ClN2O2/c1-5-6-7-8-9-10-11-12-16-19-34(39)40-27-38(4)23-22-37(26-35(38,2)3)33-25-31(28-17-14-13-15-18-28)30-21-20-29(36)24-32(30)33/h13-15,17-18,20-21,24,31,33H,5-12,16,19,22-23,25-27H2,1-4H3/q+1/t31-,33+,38-/m0/s1. The van der Waals surface area contributed by atoms with E-state index in [0.29, 0.717) is 25.1 Å². The highest BCUT2D eigenvalue weighted by Gasteiger charge is 2.49. The van der Waals surface area contributed by atoms with E-state index >= 15 is 0 Å². The normalized spacial score (nSPS) is 24.1. The minimum atomic E-state index is -0.0418. The third-order valence-electron chi connectivity index (χ3n) is 9.81. The molecule has 2 aromatic rings. The number of fused-ring (bicyclic) bond motifs is 1. The zero-order valence-electron chi connectivity index (χ0n) is 25.5. The molecule has 0 amide bonds. The van der Waals surface area contributed by atoms with Gasteiger partial charge in [-0.05, 0) is 55.5 Å². The van der Waals surface area contributed by atoms with E-state index in [2.05, 4.69) is 75.2 Å². The molecule has 1 saturated heterocycles. The number of unbranched alkanes of at least 4 members (excludes halogenated alkanes) is 8. The molecule has 1 fully saturated rings. The second kappa shape index (κ2) is 14.3. The van der Waals surface area contributed by atoms with Gasteiger partial charge in [-0.15, -0.1) is 0 Å². The lowest BCUT2D eigenvalue weighted by Gasteiger charge is -2.53. The first kappa shape index (κ1) is 31.1. The number of likely N-dealkylation sites (N-methyl/N-ethyl adjacent to an activating group) is 1. The molecule has 0 unspecified atom stereocenters. The number of carbonyl (C=O) groups excluding carboxylic acids is 1. The van der Waals surface area contributed by atoms with E-state index in [1.54, 1.807) is 0 Å². The van der Waals surface area contributed by atoms with Crippen LogP contribution < -0.4 is 0 Å². The molecule has 5 heteroatoms. The predicted octanol–water partition coefficient (Wildman–Crippen LogP) is 8.88. The van der Waals surface area contributed by atoms with E-state index in [4.69, 9.17) is 16.3 Å². The van der Waals surface area contributed by atoms with Gasteiger partial charge in [-0.25, -0.2) is 0 Å². The Morgan fingerprint density at radius 3 is 2.33 bits per heavy atom. The molecule has 1 aliphatic heterocycles. The molecular weight excluding hydrogens is 516 g/mol. The lowest BCUT2D eigenvalue weighted by atomic mass is 9.92. The van der Waals surface area contributed by atoms with Crippen LogP contribution in [0.2, 0.25) is 5.02 Å². The van der Waals surface area contributed by atoms with E-state index < -0.39 is 0 Å². The number of hydrogen-bond acceptors (Lipinski definition) is 3. The van der Waals surface area contributed by atoms with Gasteiger partial charge in [-0.2, -0.15) is 0 Å². The van der Waals surface area contributed by atoms with Gasteiger partial charge >= 0.3 is 5.97 Å². The zero-order valence-corrected chi connectivity index (χ0v) is 26.2. The van der Waals surface area contributed by atoms with Crippen molar-refractivity contribution in [3.63, 3.8) is 0 Å². The minimum Gasteiger partial charge on any atom is -0.415 e. The Kier molecular flexibility index (Phi) is 11.1. The molecule has 0 saturated carbocycles. The quantitative estimate of drug-likeness (QED) is 0.130. The maximum absolute atomic E-state index is 12.6. The van der Waals surface area contributed by atoms with Gasteiger partial charge < -0.3 is 4.74 Å². The molecule has 1 aliphatic carbocycles. The largest absolute Gasteiger partial charge is 0.415 e. The molecule has 4 nitrogen and oxygen atoms in total. The van der Waals surface area contributed by atoms with Crippen molar-refractivity contribution < 1.29 is 14.0 Å². The Labute approximate surface area is 248 Å². The van der Waals surface area contributed by atoms with Crippen LogP contribution in [-0.2, 0) is 9.53 Å². The number of nitrogens with zero attached hydrogens (tertiary/aromatic N) is 2. The first-order valence-corrected chi connectivity index (χ1v) is 16.2. The van der Waals surface area contributed by atoms with E-state index in [1.165, 1.54) is 61.6 Å². The third kappa shape index (κ3) is 7.69. The summed E-state index contributed by atoms with van der Waals surface area (Å²) in [4.78, 5) is 15.3. The lowest BCUT2D eigenvalue weighted by molar-refractivity contribution is -0.974. The monoisotopic (exact) mass is 567 g/mol. The number of carbonyl (C=O) groups is 1. The van der Waals surface area contributed by atoms with E-state index in [-0.39, 0.29) is 11.5 Å². The summed E-state index contributed by atoms with van der Waals surface area (Å²) in [6.45, 7) is 10.3. The molecule has 4 rings (SSSR count). The summed E-state index contributed by atoms with van der Waals surface area (Å²) in [5.74, 6) is 0.358. The number of ether oxygens (including phenoxy) is 1. The SMILES string of the molecule is CCCCCCCCCCCC(=O)OC[N@+]1(C)CCN([C@@H]2C[C@@H](c3ccccc3)c3ccc(Cl)cc32)CC1(C)C. The van der Waals surface area contributed by atoms with Crippen LogP contribution in [0, 0.1) is 0 Å². The number of esters is 1. The van der Waals surface area contributed by atoms with Crippen LogP contribution in [0.5, 0.6) is 0 Å². The van der Waals surface area contributed by atoms with Crippen molar-refractivity contribution >= 4 is 17.6 Å². The van der Waals surface area contributed by atoms with Crippen molar-refractivity contribution in [2.75, 3.05) is 33.4 Å². The molecule has 0 radical (unpaired) electrons. The van der Waals surface area contributed by atoms with Gasteiger partial charge in [-0.3, -0.25) is 14.2 Å². The van der Waals surface area contributed by atoms with Gasteiger partial charge in [0.25, 0.3) is 0 Å². The predicted molar refractivity (Wildman–Crippen MR) is 167 cm³/mol. The smallest absolute Gasteiger partial charge is 0.310 e. The summed E-state index contributed by atoms with van der Waals surface area (Å²) >= 11 is 6.51. The van der Waals surface area contributed by atoms with Crippen LogP contribution in [0.15, 0.2) is 48.5 Å². The molecule has 0 N–H and O–H groups in total. The molecule has 2 aromatic carbocycles. The average molecular weight is 568 g/mol. The highest BCUT2D eigenvalue weighted by Crippen LogP contribution is 2.48. The van der Waals surface area contributed by atoms with Crippen LogP contribution in [0.1, 0.15) is 120 Å². The number of rotatable bonds is 14. The molecule has 3 atom stereocenters. The number of hydrogen-bond donors (Lipinski definition) is 0. The van der Waals surface area contributed by atoms with Crippen molar-refractivity contribution in [2.45, 2.75) is 109 Å². The fraction of sp³-hybridized carbons (Fsp3) is 0.629. The van der Waals surface area contributed by atoms with Crippen LogP contribution in [0.25, 0.3) is 0 Å². The Hall–Kier alpha value is -1.88. The Balaban J connectivity index is 1.28. The Morgan fingerprint density at radius 2 is 1.65 bits per heavy atom. The molecule has 2 aliphatic rings. The number of benzene rings is 2. The lowest BCUT2D eigenvalue weighted by Crippen LogP contribution is -2.70. The van der Waals surface area contributed by atoms with Crippen molar-refractivity contribution in [1.82, 2.24) is 4.90 Å². The highest BCUT2D eigenvalue weighted by atomic mass is 35.5. The average Bonchev–Trinajstić information content (AvgIpc) is 3.31. The first-order valence-electron chi connectivity index (χ1n) is 15.8. The summed E-state index contributed by atoms with van der Waals surface area (Å²) in [5.41, 5.74) is 4.12. The molecular formula is C35H52ClN2O2+. The van der Waals surface area contributed by atoms with Gasteiger partial charge in [0.15, 0.2) is 0 Å². The first-order chi connectivity index (χ1) is 19.2. The van der Waals surface area contributed by atoms with Gasteiger partial charge in [0.1, 0.15) is 5.54 Å². The van der Waals surface area contributed by atoms with Gasteiger partial charge in [0, 0.05) is 29.9 Å². The fourth-order valence-electron chi connectivity index (χ4n) is 6.75. The third-order valence-corrected chi connectivity index (χ3v) is 10.0. The molecule has 40 heavy (non-hydrogen) atoms. The number of piperazine rings is 1. The highest BCUT2D eigenvalue weighted by molar-refractivity contribution is 6.30. The van der Waals surface area contributed by atoms with Gasteiger partial charge in [-0.1, -0.05) is 106 Å². The van der Waals surface area contributed by atoms with Crippen LogP contribution in [0.4, 0.5) is 0 Å². The molecule has 220 valence electrons. The van der Waals surface area contributed by atoms with E-state index in [1.807, 2.05) is 6.07 Å². The number of quaternary nitrogens is 1. The van der Waals surface area contributed by atoms with Crippen LogP contribution >= 0.6 is 11.6 Å². The minimum absolute atomic E-state index is 0.0365. The molecule has 0 bridgehead atoms. The van der Waals surface area contributed by atoms with Crippen molar-refractivity contribution in [1.29, 1.82) is 0 Å². The van der Waals surface area contributed by atoms with Crippen molar-refractivity contribution in [3.8, 4) is 0 Å². The topological polar surface area (TPSA) is 29.5 Å². The summed E-state index contributed by atoms with van der Waals surface area (Å²) in [7, 11) is 2.26. The van der Waals surface area contributed by atoms with Crippen LogP contribution in [-0.4, -0.2) is 54.3 Å².